The molecule has 3 aromatic rings. The van der Waals surface area contributed by atoms with Gasteiger partial charge >= 0.3 is 0 Å². The highest BCUT2D eigenvalue weighted by Crippen LogP contribution is 2.34. The number of nitrogens with zero attached hydrogens (tertiary/aromatic N) is 6. The molecular formula is C16H14N6O2S. The summed E-state index contributed by atoms with van der Waals surface area (Å²) >= 11 is 1.50. The van der Waals surface area contributed by atoms with E-state index in [9.17, 15) is 0 Å². The molecular weight excluding hydrogens is 340 g/mol. The van der Waals surface area contributed by atoms with Crippen LogP contribution in [0.5, 0.6) is 5.88 Å². The minimum atomic E-state index is 0.375. The Kier molecular flexibility index (Phi) is 4.06. The highest BCUT2D eigenvalue weighted by atomic mass is 32.1. The van der Waals surface area contributed by atoms with Crippen LogP contribution in [0, 0.1) is 6.92 Å². The molecule has 0 aliphatic carbocycles. The maximum Gasteiger partial charge on any atom is 0.261 e. The van der Waals surface area contributed by atoms with Gasteiger partial charge in [-0.1, -0.05) is 5.16 Å². The number of ether oxygens (including phenoxy) is 1. The number of hydrogen-bond donors (Lipinski definition) is 0. The fourth-order valence-corrected chi connectivity index (χ4v) is 3.46. The average molecular weight is 354 g/mol. The van der Waals surface area contributed by atoms with Crippen molar-refractivity contribution in [2.75, 3.05) is 13.7 Å². The molecule has 0 aromatic carbocycles. The SMILES string of the molecule is CON=C1CCOc2nnc(-c3sc(-c4cccnc4)nc3C)nc21. The van der Waals surface area contributed by atoms with Gasteiger partial charge in [0.25, 0.3) is 5.88 Å². The normalized spacial score (nSPS) is 14.9. The van der Waals surface area contributed by atoms with E-state index in [0.717, 1.165) is 21.1 Å². The van der Waals surface area contributed by atoms with E-state index in [2.05, 4.69) is 30.3 Å². The monoisotopic (exact) mass is 354 g/mol. The molecule has 4 heterocycles. The topological polar surface area (TPSA) is 95.3 Å². The second-order valence-electron chi connectivity index (χ2n) is 5.28. The molecule has 3 aromatic heterocycles. The summed E-state index contributed by atoms with van der Waals surface area (Å²) in [4.78, 5) is 19.1. The van der Waals surface area contributed by atoms with Gasteiger partial charge in [-0.3, -0.25) is 4.98 Å². The highest BCUT2D eigenvalue weighted by molar-refractivity contribution is 7.18. The van der Waals surface area contributed by atoms with Crippen molar-refractivity contribution in [2.24, 2.45) is 5.16 Å². The van der Waals surface area contributed by atoms with E-state index in [-0.39, 0.29) is 0 Å². The first-order chi connectivity index (χ1) is 12.3. The lowest BCUT2D eigenvalue weighted by Gasteiger charge is -2.15. The molecule has 0 bridgehead atoms. The summed E-state index contributed by atoms with van der Waals surface area (Å²) in [6.07, 6.45) is 4.13. The van der Waals surface area contributed by atoms with Gasteiger partial charge in [-0.05, 0) is 19.1 Å². The van der Waals surface area contributed by atoms with Crippen LogP contribution in [0.15, 0.2) is 29.7 Å². The number of pyridine rings is 1. The summed E-state index contributed by atoms with van der Waals surface area (Å²) in [6, 6.07) is 3.85. The lowest BCUT2D eigenvalue weighted by atomic mass is 10.2. The molecule has 0 unspecified atom stereocenters. The third-order valence-electron chi connectivity index (χ3n) is 3.62. The van der Waals surface area contributed by atoms with Gasteiger partial charge in [0.05, 0.1) is 17.2 Å². The van der Waals surface area contributed by atoms with Crippen molar-refractivity contribution in [1.29, 1.82) is 0 Å². The van der Waals surface area contributed by atoms with Gasteiger partial charge in [0.1, 0.15) is 17.8 Å². The fourth-order valence-electron chi connectivity index (χ4n) is 2.48. The number of aromatic nitrogens is 5. The molecule has 25 heavy (non-hydrogen) atoms. The molecule has 1 aliphatic rings. The largest absolute Gasteiger partial charge is 0.475 e. The van der Waals surface area contributed by atoms with Crippen molar-refractivity contribution in [2.45, 2.75) is 13.3 Å². The van der Waals surface area contributed by atoms with Gasteiger partial charge in [0, 0.05) is 24.4 Å². The molecule has 0 saturated heterocycles. The predicted molar refractivity (Wildman–Crippen MR) is 92.6 cm³/mol. The smallest absolute Gasteiger partial charge is 0.261 e. The number of aryl methyl sites for hydroxylation is 1. The van der Waals surface area contributed by atoms with Gasteiger partial charge in [-0.25, -0.2) is 9.97 Å². The predicted octanol–water partition coefficient (Wildman–Crippen LogP) is 2.50. The van der Waals surface area contributed by atoms with Crippen LogP contribution in [-0.2, 0) is 4.84 Å². The van der Waals surface area contributed by atoms with E-state index >= 15 is 0 Å². The van der Waals surface area contributed by atoms with Gasteiger partial charge in [0.2, 0.25) is 0 Å². The summed E-state index contributed by atoms with van der Waals surface area (Å²) in [5, 5.41) is 13.2. The zero-order valence-corrected chi connectivity index (χ0v) is 14.4. The first-order valence-electron chi connectivity index (χ1n) is 7.62. The third-order valence-corrected chi connectivity index (χ3v) is 4.82. The van der Waals surface area contributed by atoms with Crippen molar-refractivity contribution in [1.82, 2.24) is 25.1 Å². The molecule has 1 aliphatic heterocycles. The maximum atomic E-state index is 5.50. The molecule has 0 radical (unpaired) electrons. The van der Waals surface area contributed by atoms with Crippen LogP contribution in [-0.4, -0.2) is 44.6 Å². The van der Waals surface area contributed by atoms with E-state index in [4.69, 9.17) is 9.57 Å². The molecule has 0 saturated carbocycles. The minimum absolute atomic E-state index is 0.375. The second-order valence-corrected chi connectivity index (χ2v) is 6.28. The zero-order valence-electron chi connectivity index (χ0n) is 13.6. The Labute approximate surface area is 147 Å². The van der Waals surface area contributed by atoms with Crippen molar-refractivity contribution in [3.8, 4) is 27.2 Å². The van der Waals surface area contributed by atoms with Gasteiger partial charge in [0.15, 0.2) is 11.5 Å². The first-order valence-corrected chi connectivity index (χ1v) is 8.44. The molecule has 0 spiro atoms. The van der Waals surface area contributed by atoms with Crippen LogP contribution in [0.1, 0.15) is 17.8 Å². The summed E-state index contributed by atoms with van der Waals surface area (Å²) in [7, 11) is 1.51. The third kappa shape index (κ3) is 2.93. The number of fused-ring (bicyclic) bond motifs is 1. The number of hydrogen-bond acceptors (Lipinski definition) is 9. The van der Waals surface area contributed by atoms with E-state index < -0.39 is 0 Å². The van der Waals surface area contributed by atoms with E-state index in [1.807, 2.05) is 19.1 Å². The second kappa shape index (κ2) is 6.52. The van der Waals surface area contributed by atoms with Gasteiger partial charge in [-0.2, -0.15) is 0 Å². The van der Waals surface area contributed by atoms with Crippen LogP contribution in [0.3, 0.4) is 0 Å². The lowest BCUT2D eigenvalue weighted by molar-refractivity contribution is 0.209. The summed E-state index contributed by atoms with van der Waals surface area (Å²) < 4.78 is 5.50. The van der Waals surface area contributed by atoms with Crippen LogP contribution in [0.4, 0.5) is 0 Å². The van der Waals surface area contributed by atoms with Crippen molar-refractivity contribution in [3.63, 3.8) is 0 Å². The molecule has 9 heteroatoms. The molecule has 0 atom stereocenters. The number of oxime groups is 1. The Morgan fingerprint density at radius 3 is 3.00 bits per heavy atom. The Morgan fingerprint density at radius 2 is 2.20 bits per heavy atom. The molecule has 0 N–H and O–H groups in total. The minimum Gasteiger partial charge on any atom is -0.475 e. The Hall–Kier alpha value is -2.94. The fraction of sp³-hybridized carbons (Fsp3) is 0.250. The Bertz CT molecular complexity index is 941. The summed E-state index contributed by atoms with van der Waals surface area (Å²) in [6.45, 7) is 2.41. The van der Waals surface area contributed by atoms with Gasteiger partial charge in [-0.15, -0.1) is 21.5 Å². The number of rotatable bonds is 3. The molecule has 0 amide bonds. The molecule has 4 rings (SSSR count). The summed E-state index contributed by atoms with van der Waals surface area (Å²) in [5.74, 6) is 0.874. The van der Waals surface area contributed by atoms with Crippen molar-refractivity contribution >= 4 is 17.0 Å². The Morgan fingerprint density at radius 1 is 1.28 bits per heavy atom. The Balaban J connectivity index is 1.77. The van der Waals surface area contributed by atoms with E-state index in [0.29, 0.717) is 36.1 Å². The van der Waals surface area contributed by atoms with Crippen LogP contribution in [0.25, 0.3) is 21.3 Å². The van der Waals surface area contributed by atoms with E-state index in [1.165, 1.54) is 18.4 Å². The quantitative estimate of drug-likeness (QED) is 0.667. The molecule has 0 fully saturated rings. The zero-order chi connectivity index (χ0) is 17.2. The first kappa shape index (κ1) is 15.6. The van der Waals surface area contributed by atoms with Crippen LogP contribution < -0.4 is 4.74 Å². The summed E-state index contributed by atoms with van der Waals surface area (Å²) in [5.41, 5.74) is 3.06. The molecule has 8 nitrogen and oxygen atoms in total. The average Bonchev–Trinajstić information content (AvgIpc) is 3.04. The van der Waals surface area contributed by atoms with Crippen molar-refractivity contribution in [3.05, 3.63) is 35.9 Å². The van der Waals surface area contributed by atoms with Crippen LogP contribution in [0.2, 0.25) is 0 Å². The maximum absolute atomic E-state index is 5.50. The van der Waals surface area contributed by atoms with Gasteiger partial charge < -0.3 is 9.57 Å². The van der Waals surface area contributed by atoms with Crippen LogP contribution >= 0.6 is 11.3 Å². The standard InChI is InChI=1S/C16H14N6O2S/c1-9-13(25-16(18-9)10-4-3-6-17-8-10)14-19-12-11(22-23-2)5-7-24-15(12)21-20-14/h3-4,6,8H,5,7H2,1-2H3. The lowest BCUT2D eigenvalue weighted by Crippen LogP contribution is -2.20. The molecule has 126 valence electrons. The van der Waals surface area contributed by atoms with Crippen molar-refractivity contribution < 1.29 is 9.57 Å². The number of thiazole rings is 1. The highest BCUT2D eigenvalue weighted by Gasteiger charge is 2.24. The van der Waals surface area contributed by atoms with E-state index in [1.54, 1.807) is 12.4 Å².